The first-order valence-electron chi connectivity index (χ1n) is 8.44. The number of rotatable bonds is 4. The Morgan fingerprint density at radius 3 is 2.58 bits per heavy atom. The second-order valence-electron chi connectivity index (χ2n) is 6.36. The van der Waals surface area contributed by atoms with Crippen molar-refractivity contribution in [2.45, 2.75) is 18.5 Å². The van der Waals surface area contributed by atoms with E-state index < -0.39 is 52.4 Å². The molecule has 0 aliphatic carbocycles. The van der Waals surface area contributed by atoms with Gasteiger partial charge in [0.2, 0.25) is 6.23 Å². The Morgan fingerprint density at radius 2 is 2.03 bits per heavy atom. The molecular weight excluding hydrogens is 448 g/mol. The van der Waals surface area contributed by atoms with Gasteiger partial charge in [0.05, 0.1) is 28.8 Å². The van der Waals surface area contributed by atoms with Crippen molar-refractivity contribution in [3.63, 3.8) is 0 Å². The van der Waals surface area contributed by atoms with Gasteiger partial charge in [-0.05, 0) is 30.3 Å². The largest absolute Gasteiger partial charge is 0.433 e. The molecule has 31 heavy (non-hydrogen) atoms. The number of nitrogens with zero attached hydrogens (tertiary/aromatic N) is 3. The van der Waals surface area contributed by atoms with E-state index >= 15 is 0 Å². The molecule has 0 saturated carbocycles. The van der Waals surface area contributed by atoms with Crippen molar-refractivity contribution in [1.82, 2.24) is 0 Å². The number of nitrogens with one attached hydrogen (secondary N) is 1. The normalized spacial score (nSPS) is 18.5. The van der Waals surface area contributed by atoms with Crippen LogP contribution in [0.25, 0.3) is 0 Å². The maximum atomic E-state index is 14.0. The minimum absolute atomic E-state index is 0.00836. The van der Waals surface area contributed by atoms with Gasteiger partial charge in [0.25, 0.3) is 11.6 Å². The number of nitro benzene ring substituents is 1. The van der Waals surface area contributed by atoms with Crippen molar-refractivity contribution in [2.75, 3.05) is 16.8 Å². The molecule has 2 atom stereocenters. The Hall–Kier alpha value is -3.43. The number of carbonyl (C=O) groups is 1. The Labute approximate surface area is 176 Å². The molecule has 1 aliphatic heterocycles. The standard InChI is InChI=1S/C18H11ClF4N4O4/c19-11-6-10(2-4-14(11)27(29)30)26-8-15(31-17(26)18(21,22)23)16(28)25-13-3-1-9(7-24)5-12(13)20/h1-6,15,17H,8H2,(H,25,28)/t15-,17+/m0/s1. The van der Waals surface area contributed by atoms with E-state index in [-0.39, 0.29) is 16.9 Å². The van der Waals surface area contributed by atoms with Gasteiger partial charge in [-0.2, -0.15) is 18.4 Å². The zero-order valence-corrected chi connectivity index (χ0v) is 15.9. The molecule has 8 nitrogen and oxygen atoms in total. The van der Waals surface area contributed by atoms with Crippen LogP contribution < -0.4 is 10.2 Å². The van der Waals surface area contributed by atoms with Gasteiger partial charge in [0.1, 0.15) is 10.8 Å². The summed E-state index contributed by atoms with van der Waals surface area (Å²) in [6.07, 6.45) is -9.09. The first-order valence-corrected chi connectivity index (χ1v) is 8.82. The number of amides is 1. The van der Waals surface area contributed by atoms with Gasteiger partial charge < -0.3 is 15.0 Å². The molecule has 1 heterocycles. The van der Waals surface area contributed by atoms with E-state index in [4.69, 9.17) is 21.6 Å². The van der Waals surface area contributed by atoms with Gasteiger partial charge in [-0.3, -0.25) is 14.9 Å². The predicted molar refractivity (Wildman–Crippen MR) is 99.9 cm³/mol. The van der Waals surface area contributed by atoms with E-state index in [0.717, 1.165) is 30.3 Å². The van der Waals surface area contributed by atoms with E-state index in [9.17, 15) is 32.5 Å². The lowest BCUT2D eigenvalue weighted by Crippen LogP contribution is -2.42. The van der Waals surface area contributed by atoms with Gasteiger partial charge in [-0.15, -0.1) is 0 Å². The molecule has 162 valence electrons. The number of ether oxygens (including phenoxy) is 1. The van der Waals surface area contributed by atoms with Crippen LogP contribution in [0.4, 0.5) is 34.6 Å². The topological polar surface area (TPSA) is 109 Å². The number of anilines is 2. The second-order valence-corrected chi connectivity index (χ2v) is 6.77. The molecule has 0 aromatic heterocycles. The van der Waals surface area contributed by atoms with E-state index in [1.807, 2.05) is 0 Å². The number of nitro groups is 1. The van der Waals surface area contributed by atoms with Gasteiger partial charge in [-0.25, -0.2) is 4.39 Å². The molecule has 0 spiro atoms. The van der Waals surface area contributed by atoms with Crippen LogP contribution in [-0.4, -0.2) is 35.9 Å². The van der Waals surface area contributed by atoms with Gasteiger partial charge in [-0.1, -0.05) is 11.6 Å². The van der Waals surface area contributed by atoms with Gasteiger partial charge in [0.15, 0.2) is 6.10 Å². The lowest BCUT2D eigenvalue weighted by atomic mass is 10.2. The molecule has 13 heteroatoms. The minimum Gasteiger partial charge on any atom is -0.335 e. The third-order valence-electron chi connectivity index (χ3n) is 4.33. The summed E-state index contributed by atoms with van der Waals surface area (Å²) in [5, 5.41) is 21.3. The number of nitriles is 1. The van der Waals surface area contributed by atoms with E-state index in [2.05, 4.69) is 5.32 Å². The number of benzene rings is 2. The summed E-state index contributed by atoms with van der Waals surface area (Å²) < 4.78 is 59.3. The second kappa shape index (κ2) is 8.37. The smallest absolute Gasteiger partial charge is 0.335 e. The molecule has 0 bridgehead atoms. The van der Waals surface area contributed by atoms with Crippen molar-refractivity contribution in [1.29, 1.82) is 5.26 Å². The van der Waals surface area contributed by atoms with Gasteiger partial charge in [0, 0.05) is 11.8 Å². The van der Waals surface area contributed by atoms with Crippen molar-refractivity contribution in [3.8, 4) is 6.07 Å². The number of hydrogen-bond acceptors (Lipinski definition) is 6. The summed E-state index contributed by atoms with van der Waals surface area (Å²) in [5.41, 5.74) is -1.00. The third kappa shape index (κ3) is 4.68. The quantitative estimate of drug-likeness (QED) is 0.421. The summed E-state index contributed by atoms with van der Waals surface area (Å²) in [4.78, 5) is 23.1. The fourth-order valence-corrected chi connectivity index (χ4v) is 3.15. The highest BCUT2D eigenvalue weighted by molar-refractivity contribution is 6.32. The predicted octanol–water partition coefficient (Wildman–Crippen LogP) is 3.99. The van der Waals surface area contributed by atoms with Gasteiger partial charge >= 0.3 is 6.18 Å². The molecule has 1 saturated heterocycles. The summed E-state index contributed by atoms with van der Waals surface area (Å²) in [7, 11) is 0. The fourth-order valence-electron chi connectivity index (χ4n) is 2.91. The van der Waals surface area contributed by atoms with E-state index in [1.165, 1.54) is 6.07 Å². The summed E-state index contributed by atoms with van der Waals surface area (Å²) >= 11 is 5.78. The number of halogens is 5. The molecule has 1 fully saturated rings. The van der Waals surface area contributed by atoms with Crippen LogP contribution in [0.2, 0.25) is 5.02 Å². The van der Waals surface area contributed by atoms with Crippen molar-refractivity contribution < 1.29 is 32.0 Å². The first-order chi connectivity index (χ1) is 14.5. The molecule has 3 rings (SSSR count). The van der Waals surface area contributed by atoms with Crippen LogP contribution in [-0.2, 0) is 9.53 Å². The highest BCUT2D eigenvalue weighted by atomic mass is 35.5. The molecular formula is C18H11ClF4N4O4. The fraction of sp³-hybridized carbons (Fsp3) is 0.222. The maximum Gasteiger partial charge on any atom is 0.433 e. The molecule has 0 unspecified atom stereocenters. The molecule has 2 aromatic rings. The van der Waals surface area contributed by atoms with Crippen LogP contribution >= 0.6 is 11.6 Å². The zero-order valence-electron chi connectivity index (χ0n) is 15.2. The first kappa shape index (κ1) is 22.3. The van der Waals surface area contributed by atoms with Crippen LogP contribution in [0.1, 0.15) is 5.56 Å². The number of alkyl halides is 3. The Bertz CT molecular complexity index is 1090. The van der Waals surface area contributed by atoms with E-state index in [1.54, 1.807) is 6.07 Å². The molecule has 1 aliphatic rings. The Balaban J connectivity index is 1.84. The highest BCUT2D eigenvalue weighted by Gasteiger charge is 2.52. The van der Waals surface area contributed by atoms with Crippen LogP contribution in [0.15, 0.2) is 36.4 Å². The summed E-state index contributed by atoms with van der Waals surface area (Å²) in [6, 6.07) is 7.82. The molecule has 1 amide bonds. The SMILES string of the molecule is N#Cc1ccc(NC(=O)[C@@H]2CN(c3ccc([N+](=O)[O-])c(Cl)c3)[C@@H](C(F)(F)F)O2)c(F)c1. The molecule has 1 N–H and O–H groups in total. The lowest BCUT2D eigenvalue weighted by molar-refractivity contribution is -0.384. The number of hydrogen-bond donors (Lipinski definition) is 1. The van der Waals surface area contributed by atoms with Crippen LogP contribution in [0, 0.1) is 27.3 Å². The Kier molecular flexibility index (Phi) is 6.01. The average Bonchev–Trinajstić information content (AvgIpc) is 3.15. The van der Waals surface area contributed by atoms with E-state index in [0.29, 0.717) is 4.90 Å². The van der Waals surface area contributed by atoms with Crippen LogP contribution in [0.3, 0.4) is 0 Å². The van der Waals surface area contributed by atoms with Crippen LogP contribution in [0.5, 0.6) is 0 Å². The highest BCUT2D eigenvalue weighted by Crippen LogP contribution is 2.38. The van der Waals surface area contributed by atoms with Crippen molar-refractivity contribution >= 4 is 34.6 Å². The Morgan fingerprint density at radius 1 is 1.32 bits per heavy atom. The van der Waals surface area contributed by atoms with Crippen molar-refractivity contribution in [3.05, 3.63) is 62.9 Å². The summed E-state index contributed by atoms with van der Waals surface area (Å²) in [6.45, 7) is -0.581. The molecule has 2 aromatic carbocycles. The molecule has 0 radical (unpaired) electrons. The van der Waals surface area contributed by atoms with Crippen molar-refractivity contribution in [2.24, 2.45) is 0 Å². The zero-order chi connectivity index (χ0) is 22.9. The minimum atomic E-state index is -4.91. The third-order valence-corrected chi connectivity index (χ3v) is 4.63. The lowest BCUT2D eigenvalue weighted by Gasteiger charge is -2.26. The summed E-state index contributed by atoms with van der Waals surface area (Å²) in [5.74, 6) is -2.00. The number of carbonyl (C=O) groups excluding carboxylic acids is 1. The monoisotopic (exact) mass is 458 g/mol. The maximum absolute atomic E-state index is 14.0. The average molecular weight is 459 g/mol.